The number of hydrogen-bond acceptors (Lipinski definition) is 4. The van der Waals surface area contributed by atoms with Crippen molar-refractivity contribution >= 4 is 22.9 Å². The third-order valence-electron chi connectivity index (χ3n) is 2.96. The molecular weight excluding hydrogens is 272 g/mol. The van der Waals surface area contributed by atoms with Gasteiger partial charge in [0.1, 0.15) is 5.75 Å². The molecule has 0 aliphatic rings. The lowest BCUT2D eigenvalue weighted by molar-refractivity contribution is 0.102. The van der Waals surface area contributed by atoms with Crippen molar-refractivity contribution in [3.63, 3.8) is 0 Å². The summed E-state index contributed by atoms with van der Waals surface area (Å²) in [5.74, 6) is 0.960. The molecule has 0 atom stereocenters. The van der Waals surface area contributed by atoms with Crippen LogP contribution in [0.15, 0.2) is 23.6 Å². The lowest BCUT2D eigenvalue weighted by atomic mass is 10.2. The highest BCUT2D eigenvalue weighted by Gasteiger charge is 2.13. The topological polar surface area (TPSA) is 51.2 Å². The van der Waals surface area contributed by atoms with E-state index in [9.17, 15) is 4.79 Å². The SMILES string of the molecule is COc1ccc(NC(=O)c2nc(C(C)C)cs2)cc1C. The Kier molecular flexibility index (Phi) is 4.39. The zero-order chi connectivity index (χ0) is 14.7. The Morgan fingerprint density at radius 3 is 2.70 bits per heavy atom. The Labute approximate surface area is 122 Å². The van der Waals surface area contributed by atoms with Gasteiger partial charge >= 0.3 is 0 Å². The first kappa shape index (κ1) is 14.5. The molecule has 2 rings (SSSR count). The Morgan fingerprint density at radius 2 is 2.15 bits per heavy atom. The van der Waals surface area contributed by atoms with Crippen LogP contribution in [0.25, 0.3) is 0 Å². The van der Waals surface area contributed by atoms with Gasteiger partial charge in [0.2, 0.25) is 0 Å². The largest absolute Gasteiger partial charge is 0.496 e. The van der Waals surface area contributed by atoms with E-state index in [1.54, 1.807) is 7.11 Å². The van der Waals surface area contributed by atoms with Crippen LogP contribution in [-0.2, 0) is 0 Å². The number of hydrogen-bond donors (Lipinski definition) is 1. The van der Waals surface area contributed by atoms with E-state index in [0.29, 0.717) is 10.9 Å². The maximum Gasteiger partial charge on any atom is 0.284 e. The molecule has 20 heavy (non-hydrogen) atoms. The average Bonchev–Trinajstić information content (AvgIpc) is 2.88. The molecule has 4 nitrogen and oxygen atoms in total. The van der Waals surface area contributed by atoms with Crippen molar-refractivity contribution in [2.24, 2.45) is 0 Å². The molecule has 1 aromatic heterocycles. The van der Waals surface area contributed by atoms with E-state index < -0.39 is 0 Å². The number of carbonyl (C=O) groups excluding carboxylic acids is 1. The number of nitrogens with zero attached hydrogens (tertiary/aromatic N) is 1. The van der Waals surface area contributed by atoms with Crippen LogP contribution in [0.1, 0.15) is 40.8 Å². The summed E-state index contributed by atoms with van der Waals surface area (Å²) in [6.45, 7) is 6.06. The first-order valence-electron chi connectivity index (χ1n) is 6.42. The molecule has 0 aliphatic carbocycles. The molecule has 5 heteroatoms. The second-order valence-electron chi connectivity index (χ2n) is 4.87. The third-order valence-corrected chi connectivity index (χ3v) is 3.82. The number of aromatic nitrogens is 1. The number of benzene rings is 1. The van der Waals surface area contributed by atoms with Crippen molar-refractivity contribution in [2.45, 2.75) is 26.7 Å². The Morgan fingerprint density at radius 1 is 1.40 bits per heavy atom. The summed E-state index contributed by atoms with van der Waals surface area (Å²) in [5.41, 5.74) is 2.67. The number of rotatable bonds is 4. The standard InChI is InChI=1S/C15H18N2O2S/c1-9(2)12-8-20-15(17-12)14(18)16-11-5-6-13(19-4)10(3)7-11/h5-9H,1-4H3,(H,16,18). The summed E-state index contributed by atoms with van der Waals surface area (Å²) in [4.78, 5) is 16.5. The quantitative estimate of drug-likeness (QED) is 0.931. The molecule has 2 aromatic rings. The van der Waals surface area contributed by atoms with E-state index in [4.69, 9.17) is 4.74 Å². The van der Waals surface area contributed by atoms with Crippen molar-refractivity contribution in [1.82, 2.24) is 4.98 Å². The van der Waals surface area contributed by atoms with Gasteiger partial charge in [0.05, 0.1) is 12.8 Å². The molecule has 0 unspecified atom stereocenters. The smallest absolute Gasteiger partial charge is 0.284 e. The van der Waals surface area contributed by atoms with Gasteiger partial charge in [-0.05, 0) is 36.6 Å². The van der Waals surface area contributed by atoms with Gasteiger partial charge < -0.3 is 10.1 Å². The molecule has 1 N–H and O–H groups in total. The summed E-state index contributed by atoms with van der Waals surface area (Å²) in [5, 5.41) is 5.27. The minimum absolute atomic E-state index is 0.175. The van der Waals surface area contributed by atoms with Crippen LogP contribution in [0.4, 0.5) is 5.69 Å². The van der Waals surface area contributed by atoms with Gasteiger partial charge in [0, 0.05) is 11.1 Å². The minimum Gasteiger partial charge on any atom is -0.496 e. The zero-order valence-electron chi connectivity index (χ0n) is 12.1. The van der Waals surface area contributed by atoms with Gasteiger partial charge in [-0.3, -0.25) is 4.79 Å². The average molecular weight is 290 g/mol. The van der Waals surface area contributed by atoms with Crippen molar-refractivity contribution in [3.05, 3.63) is 39.8 Å². The Bertz CT molecular complexity index is 620. The molecule has 0 saturated carbocycles. The van der Waals surface area contributed by atoms with Gasteiger partial charge in [0.15, 0.2) is 5.01 Å². The summed E-state index contributed by atoms with van der Waals surface area (Å²) >= 11 is 1.37. The number of nitrogens with one attached hydrogen (secondary N) is 1. The van der Waals surface area contributed by atoms with Crippen molar-refractivity contribution in [1.29, 1.82) is 0 Å². The highest BCUT2D eigenvalue weighted by atomic mass is 32.1. The number of aryl methyl sites for hydroxylation is 1. The van der Waals surface area contributed by atoms with E-state index >= 15 is 0 Å². The van der Waals surface area contributed by atoms with Crippen LogP contribution in [0.2, 0.25) is 0 Å². The number of anilines is 1. The Balaban J connectivity index is 2.12. The minimum atomic E-state index is -0.175. The lowest BCUT2D eigenvalue weighted by Gasteiger charge is -2.08. The molecule has 1 heterocycles. The van der Waals surface area contributed by atoms with Crippen LogP contribution in [0.3, 0.4) is 0 Å². The maximum atomic E-state index is 12.1. The number of thiazole rings is 1. The predicted molar refractivity (Wildman–Crippen MR) is 81.9 cm³/mol. The van der Waals surface area contributed by atoms with Gasteiger partial charge in [-0.15, -0.1) is 11.3 Å². The fourth-order valence-electron chi connectivity index (χ4n) is 1.80. The normalized spacial score (nSPS) is 10.7. The summed E-state index contributed by atoms with van der Waals surface area (Å²) in [6.07, 6.45) is 0. The lowest BCUT2D eigenvalue weighted by Crippen LogP contribution is -2.12. The van der Waals surface area contributed by atoms with E-state index in [-0.39, 0.29) is 5.91 Å². The molecule has 0 bridgehead atoms. The van der Waals surface area contributed by atoms with Gasteiger partial charge in [-0.2, -0.15) is 0 Å². The first-order valence-corrected chi connectivity index (χ1v) is 7.30. The van der Waals surface area contributed by atoms with Gasteiger partial charge in [0.25, 0.3) is 5.91 Å². The number of ether oxygens (including phenoxy) is 1. The van der Waals surface area contributed by atoms with Crippen molar-refractivity contribution in [3.8, 4) is 5.75 Å². The van der Waals surface area contributed by atoms with Crippen molar-refractivity contribution in [2.75, 3.05) is 12.4 Å². The maximum absolute atomic E-state index is 12.1. The molecule has 0 fully saturated rings. The first-order chi connectivity index (χ1) is 9.51. The molecular formula is C15H18N2O2S. The van der Waals surface area contributed by atoms with Crippen LogP contribution in [-0.4, -0.2) is 18.0 Å². The van der Waals surface area contributed by atoms with Crippen LogP contribution < -0.4 is 10.1 Å². The van der Waals surface area contributed by atoms with Gasteiger partial charge in [-0.25, -0.2) is 4.98 Å². The molecule has 0 aliphatic heterocycles. The second-order valence-corrected chi connectivity index (χ2v) is 5.73. The monoisotopic (exact) mass is 290 g/mol. The number of amides is 1. The van der Waals surface area contributed by atoms with Crippen LogP contribution >= 0.6 is 11.3 Å². The fraction of sp³-hybridized carbons (Fsp3) is 0.333. The third kappa shape index (κ3) is 3.17. The number of carbonyl (C=O) groups is 1. The zero-order valence-corrected chi connectivity index (χ0v) is 12.9. The van der Waals surface area contributed by atoms with Gasteiger partial charge in [-0.1, -0.05) is 13.8 Å². The van der Waals surface area contributed by atoms with Crippen LogP contribution in [0.5, 0.6) is 5.75 Å². The molecule has 106 valence electrons. The molecule has 0 spiro atoms. The van der Waals surface area contributed by atoms with Crippen molar-refractivity contribution < 1.29 is 9.53 Å². The molecule has 0 saturated heterocycles. The molecule has 1 amide bonds. The summed E-state index contributed by atoms with van der Waals surface area (Å²) in [7, 11) is 1.63. The molecule has 0 radical (unpaired) electrons. The summed E-state index contributed by atoms with van der Waals surface area (Å²) in [6, 6.07) is 5.54. The Hall–Kier alpha value is -1.88. The highest BCUT2D eigenvalue weighted by Crippen LogP contribution is 2.23. The fourth-order valence-corrected chi connectivity index (χ4v) is 2.67. The summed E-state index contributed by atoms with van der Waals surface area (Å²) < 4.78 is 5.20. The van der Waals surface area contributed by atoms with E-state index in [0.717, 1.165) is 22.7 Å². The second kappa shape index (κ2) is 6.05. The van der Waals surface area contributed by atoms with E-state index in [2.05, 4.69) is 24.1 Å². The van der Waals surface area contributed by atoms with E-state index in [1.807, 2.05) is 30.5 Å². The highest BCUT2D eigenvalue weighted by molar-refractivity contribution is 7.11. The van der Waals surface area contributed by atoms with Crippen LogP contribution in [0, 0.1) is 6.92 Å². The number of methoxy groups -OCH3 is 1. The molecule has 1 aromatic carbocycles. The van der Waals surface area contributed by atoms with E-state index in [1.165, 1.54) is 11.3 Å². The predicted octanol–water partition coefficient (Wildman–Crippen LogP) is 3.84.